The first-order valence-electron chi connectivity index (χ1n) is 7.75. The van der Waals surface area contributed by atoms with Crippen LogP contribution in [0, 0.1) is 0 Å². The Hall–Kier alpha value is -2.63. The minimum absolute atomic E-state index is 0.210. The molecule has 0 radical (unpaired) electrons. The summed E-state index contributed by atoms with van der Waals surface area (Å²) in [4.78, 5) is 23.7. The Labute approximate surface area is 161 Å². The Morgan fingerprint density at radius 1 is 1.08 bits per heavy atom. The van der Waals surface area contributed by atoms with E-state index in [4.69, 9.17) is 23.2 Å². The van der Waals surface area contributed by atoms with Gasteiger partial charge < -0.3 is 5.32 Å². The zero-order valence-electron chi connectivity index (χ0n) is 14.0. The van der Waals surface area contributed by atoms with Crippen LogP contribution in [0.4, 0.5) is 0 Å². The van der Waals surface area contributed by atoms with E-state index < -0.39 is 11.8 Å². The summed E-state index contributed by atoms with van der Waals surface area (Å²) in [5.74, 6) is -0.866. The van der Waals surface area contributed by atoms with Crippen molar-refractivity contribution < 1.29 is 9.59 Å². The van der Waals surface area contributed by atoms with E-state index in [1.54, 1.807) is 13.0 Å². The maximum Gasteiger partial charge on any atom is 0.259 e. The highest BCUT2D eigenvalue weighted by atomic mass is 35.5. The zero-order chi connectivity index (χ0) is 18.9. The number of hydrogen-bond acceptors (Lipinski definition) is 3. The quantitative estimate of drug-likeness (QED) is 0.580. The maximum absolute atomic E-state index is 12.0. The van der Waals surface area contributed by atoms with Crippen molar-refractivity contribution in [3.05, 3.63) is 75.8 Å². The van der Waals surface area contributed by atoms with Gasteiger partial charge in [-0.25, -0.2) is 5.43 Å². The van der Waals surface area contributed by atoms with Crippen LogP contribution in [-0.2, 0) is 4.79 Å². The van der Waals surface area contributed by atoms with E-state index >= 15 is 0 Å². The predicted molar refractivity (Wildman–Crippen MR) is 106 cm³/mol. The fraction of sp³-hybridized carbons (Fsp3) is 0.105. The molecule has 0 saturated carbocycles. The molecule has 2 aromatic carbocycles. The molecule has 2 rings (SSSR count). The molecule has 2 aromatic rings. The Balaban J connectivity index is 1.81. The normalized spacial score (nSPS) is 11.4. The van der Waals surface area contributed by atoms with Gasteiger partial charge in [0, 0.05) is 5.56 Å². The molecule has 5 nitrogen and oxygen atoms in total. The average molecular weight is 390 g/mol. The van der Waals surface area contributed by atoms with Crippen molar-refractivity contribution in [3.63, 3.8) is 0 Å². The van der Waals surface area contributed by atoms with Crippen LogP contribution >= 0.6 is 23.2 Å². The third kappa shape index (κ3) is 6.35. The van der Waals surface area contributed by atoms with Gasteiger partial charge in [-0.15, -0.1) is 0 Å². The highest BCUT2D eigenvalue weighted by Gasteiger charge is 2.09. The molecule has 7 heteroatoms. The molecule has 0 saturated heterocycles. The average Bonchev–Trinajstić information content (AvgIpc) is 2.65. The Kier molecular flexibility index (Phi) is 7.38. The summed E-state index contributed by atoms with van der Waals surface area (Å²) in [5, 5.41) is 7.07. The molecule has 0 spiro atoms. The van der Waals surface area contributed by atoms with Crippen LogP contribution in [0.1, 0.15) is 22.8 Å². The number of allylic oxidation sites excluding steroid dienone is 1. The fourth-order valence-corrected chi connectivity index (χ4v) is 2.21. The molecule has 0 fully saturated rings. The van der Waals surface area contributed by atoms with Crippen LogP contribution in [0.3, 0.4) is 0 Å². The topological polar surface area (TPSA) is 70.6 Å². The first-order valence-corrected chi connectivity index (χ1v) is 8.51. The molecule has 0 bridgehead atoms. The molecule has 0 aromatic heterocycles. The van der Waals surface area contributed by atoms with E-state index in [1.807, 2.05) is 36.4 Å². The van der Waals surface area contributed by atoms with Crippen molar-refractivity contribution in [2.45, 2.75) is 6.92 Å². The summed E-state index contributed by atoms with van der Waals surface area (Å²) < 4.78 is 0. The monoisotopic (exact) mass is 389 g/mol. The number of benzene rings is 2. The third-order valence-electron chi connectivity index (χ3n) is 3.26. The van der Waals surface area contributed by atoms with Crippen LogP contribution in [0.15, 0.2) is 59.7 Å². The van der Waals surface area contributed by atoms with Crippen LogP contribution < -0.4 is 10.7 Å². The van der Waals surface area contributed by atoms with Gasteiger partial charge >= 0.3 is 0 Å². The lowest BCUT2D eigenvalue weighted by Crippen LogP contribution is -2.35. The number of hydrazone groups is 1. The second kappa shape index (κ2) is 9.75. The number of carbonyl (C=O) groups is 2. The zero-order valence-corrected chi connectivity index (χ0v) is 15.5. The van der Waals surface area contributed by atoms with Gasteiger partial charge in [-0.3, -0.25) is 9.59 Å². The maximum atomic E-state index is 12.0. The lowest BCUT2D eigenvalue weighted by atomic mass is 10.2. The number of rotatable bonds is 6. The highest BCUT2D eigenvalue weighted by molar-refractivity contribution is 6.42. The molecule has 0 heterocycles. The molecule has 0 aliphatic heterocycles. The molecule has 0 unspecified atom stereocenters. The van der Waals surface area contributed by atoms with Gasteiger partial charge in [0.05, 0.1) is 22.3 Å². The largest absolute Gasteiger partial charge is 0.343 e. The molecule has 2 amide bonds. The van der Waals surface area contributed by atoms with Gasteiger partial charge in [0.25, 0.3) is 11.8 Å². The van der Waals surface area contributed by atoms with E-state index in [0.29, 0.717) is 16.3 Å². The van der Waals surface area contributed by atoms with E-state index in [1.165, 1.54) is 18.2 Å². The van der Waals surface area contributed by atoms with E-state index in [2.05, 4.69) is 15.8 Å². The summed E-state index contributed by atoms with van der Waals surface area (Å²) in [6.45, 7) is 1.55. The summed E-state index contributed by atoms with van der Waals surface area (Å²) in [7, 11) is 0. The minimum atomic E-state index is -0.439. The lowest BCUT2D eigenvalue weighted by Gasteiger charge is -2.05. The van der Waals surface area contributed by atoms with Crippen molar-refractivity contribution in [1.82, 2.24) is 10.7 Å². The summed E-state index contributed by atoms with van der Waals surface area (Å²) >= 11 is 11.7. The third-order valence-corrected chi connectivity index (χ3v) is 4.00. The van der Waals surface area contributed by atoms with Crippen molar-refractivity contribution in [1.29, 1.82) is 0 Å². The molecule has 26 heavy (non-hydrogen) atoms. The fourth-order valence-electron chi connectivity index (χ4n) is 1.91. The van der Waals surface area contributed by atoms with Crippen molar-refractivity contribution in [2.75, 3.05) is 6.54 Å². The lowest BCUT2D eigenvalue weighted by molar-refractivity contribution is -0.120. The van der Waals surface area contributed by atoms with Crippen LogP contribution in [0.5, 0.6) is 0 Å². The van der Waals surface area contributed by atoms with Crippen molar-refractivity contribution >= 4 is 46.8 Å². The van der Waals surface area contributed by atoms with E-state index in [-0.39, 0.29) is 11.6 Å². The molecular weight excluding hydrogens is 373 g/mol. The molecule has 134 valence electrons. The summed E-state index contributed by atoms with van der Waals surface area (Å²) in [5.41, 5.74) is 4.35. The van der Waals surface area contributed by atoms with Gasteiger partial charge in [-0.2, -0.15) is 5.10 Å². The highest BCUT2D eigenvalue weighted by Crippen LogP contribution is 2.22. The van der Waals surface area contributed by atoms with Gasteiger partial charge in [0.15, 0.2) is 0 Å². The van der Waals surface area contributed by atoms with Gasteiger partial charge in [-0.1, -0.05) is 59.6 Å². The minimum Gasteiger partial charge on any atom is -0.343 e. The van der Waals surface area contributed by atoms with Gasteiger partial charge in [0.1, 0.15) is 0 Å². The summed E-state index contributed by atoms with van der Waals surface area (Å²) in [6.07, 6.45) is 3.67. The SMILES string of the molecule is CC(/C=C/c1ccccc1)=N/NC(=O)CNC(=O)c1ccc(Cl)c(Cl)c1. The second-order valence-electron chi connectivity index (χ2n) is 5.34. The Bertz CT molecular complexity index is 849. The Morgan fingerprint density at radius 2 is 1.81 bits per heavy atom. The number of hydrogen-bond donors (Lipinski definition) is 2. The molecule has 0 aliphatic carbocycles. The standard InChI is InChI=1S/C19H17Cl2N3O2/c1-13(7-8-14-5-3-2-4-6-14)23-24-18(25)12-22-19(26)15-9-10-16(20)17(21)11-15/h2-11H,12H2,1H3,(H,22,26)(H,24,25)/b8-7+,23-13-. The first-order chi connectivity index (χ1) is 12.5. The van der Waals surface area contributed by atoms with Crippen molar-refractivity contribution in [2.24, 2.45) is 5.10 Å². The number of halogens is 2. The molecule has 0 aliphatic rings. The van der Waals surface area contributed by atoms with E-state index in [9.17, 15) is 9.59 Å². The van der Waals surface area contributed by atoms with Crippen LogP contribution in [0.25, 0.3) is 6.08 Å². The molecule has 0 atom stereocenters. The van der Waals surface area contributed by atoms with Crippen molar-refractivity contribution in [3.8, 4) is 0 Å². The number of nitrogens with one attached hydrogen (secondary N) is 2. The number of amides is 2. The van der Waals surface area contributed by atoms with Gasteiger partial charge in [0.2, 0.25) is 0 Å². The number of carbonyl (C=O) groups excluding carboxylic acids is 2. The van der Waals surface area contributed by atoms with Crippen LogP contribution in [-0.4, -0.2) is 24.1 Å². The van der Waals surface area contributed by atoms with E-state index in [0.717, 1.165) is 5.56 Å². The second-order valence-corrected chi connectivity index (χ2v) is 6.16. The Morgan fingerprint density at radius 3 is 2.50 bits per heavy atom. The number of nitrogens with zero attached hydrogens (tertiary/aromatic N) is 1. The predicted octanol–water partition coefficient (Wildman–Crippen LogP) is 3.93. The van der Waals surface area contributed by atoms with Crippen LogP contribution in [0.2, 0.25) is 10.0 Å². The van der Waals surface area contributed by atoms with Gasteiger partial charge in [-0.05, 0) is 36.8 Å². The summed E-state index contributed by atoms with van der Waals surface area (Å²) in [6, 6.07) is 14.2. The first kappa shape index (κ1) is 19.7. The molecule has 2 N–H and O–H groups in total. The molecular formula is C19H17Cl2N3O2. The smallest absolute Gasteiger partial charge is 0.259 e.